The minimum absolute atomic E-state index is 0.0991. The molecule has 2 aliphatic rings. The fourth-order valence-electron chi connectivity index (χ4n) is 3.72. The topological polar surface area (TPSA) is 61.2 Å². The second-order valence-corrected chi connectivity index (χ2v) is 8.57. The van der Waals surface area contributed by atoms with E-state index in [1.807, 2.05) is 6.07 Å². The van der Waals surface area contributed by atoms with Gasteiger partial charge in [0.15, 0.2) is 0 Å². The second-order valence-electron chi connectivity index (χ2n) is 6.76. The molecule has 0 unspecified atom stereocenters. The first kappa shape index (κ1) is 16.5. The Balaban J connectivity index is 1.91. The molecule has 0 aliphatic heterocycles. The average molecular weight is 332 g/mol. The molecule has 0 N–H and O–H groups in total. The lowest BCUT2D eigenvalue weighted by Gasteiger charge is -2.36. The van der Waals surface area contributed by atoms with Crippen LogP contribution in [0.2, 0.25) is 0 Å². The number of hydrogen-bond acceptors (Lipinski definition) is 3. The SMILES string of the molecule is CCC1CCC(N(C2CC2)S(=O)(=O)c2ccccc2C#N)CC1. The number of rotatable bonds is 5. The van der Waals surface area contributed by atoms with Gasteiger partial charge in [-0.1, -0.05) is 25.5 Å². The molecule has 124 valence electrons. The van der Waals surface area contributed by atoms with Gasteiger partial charge in [0.2, 0.25) is 10.0 Å². The second kappa shape index (κ2) is 6.62. The maximum absolute atomic E-state index is 13.2. The number of benzene rings is 1. The quantitative estimate of drug-likeness (QED) is 0.826. The predicted octanol–water partition coefficient (Wildman–Crippen LogP) is 3.68. The summed E-state index contributed by atoms with van der Waals surface area (Å²) in [6.45, 7) is 2.21. The van der Waals surface area contributed by atoms with Crippen molar-refractivity contribution in [2.24, 2.45) is 5.92 Å². The van der Waals surface area contributed by atoms with E-state index < -0.39 is 10.0 Å². The standard InChI is InChI=1S/C18H24N2O2S/c1-2-14-7-9-16(10-8-14)20(17-11-12-17)23(21,22)18-6-4-3-5-15(18)13-19/h3-6,14,16-17H,2,7-12H2,1H3. The highest BCUT2D eigenvalue weighted by Crippen LogP contribution is 2.40. The van der Waals surface area contributed by atoms with Gasteiger partial charge in [0, 0.05) is 12.1 Å². The summed E-state index contributed by atoms with van der Waals surface area (Å²) in [5.41, 5.74) is 0.250. The fraction of sp³-hybridized carbons (Fsp3) is 0.611. The molecule has 2 fully saturated rings. The van der Waals surface area contributed by atoms with Crippen molar-refractivity contribution in [1.29, 1.82) is 5.26 Å². The van der Waals surface area contributed by atoms with Crippen LogP contribution in [-0.2, 0) is 10.0 Å². The third-order valence-corrected chi connectivity index (χ3v) is 7.29. The Labute approximate surface area is 139 Å². The Kier molecular flexibility index (Phi) is 4.74. The molecule has 0 spiro atoms. The summed E-state index contributed by atoms with van der Waals surface area (Å²) in [5, 5.41) is 9.26. The number of sulfonamides is 1. The third kappa shape index (κ3) is 3.29. The van der Waals surface area contributed by atoms with E-state index in [1.54, 1.807) is 28.6 Å². The van der Waals surface area contributed by atoms with Crippen molar-refractivity contribution >= 4 is 10.0 Å². The minimum Gasteiger partial charge on any atom is -0.207 e. The number of nitrogens with zero attached hydrogens (tertiary/aromatic N) is 2. The van der Waals surface area contributed by atoms with Gasteiger partial charge in [0.05, 0.1) is 10.5 Å². The van der Waals surface area contributed by atoms with Crippen molar-refractivity contribution in [2.75, 3.05) is 0 Å². The molecule has 0 amide bonds. The maximum atomic E-state index is 13.2. The summed E-state index contributed by atoms with van der Waals surface area (Å²) < 4.78 is 28.2. The molecule has 1 aromatic carbocycles. The Hall–Kier alpha value is -1.38. The molecule has 2 aliphatic carbocycles. The molecule has 3 rings (SSSR count). The van der Waals surface area contributed by atoms with Crippen LogP contribution in [0, 0.1) is 17.2 Å². The van der Waals surface area contributed by atoms with Crippen LogP contribution in [0.15, 0.2) is 29.2 Å². The van der Waals surface area contributed by atoms with Crippen LogP contribution in [0.1, 0.15) is 57.4 Å². The number of hydrogen-bond donors (Lipinski definition) is 0. The zero-order valence-corrected chi connectivity index (χ0v) is 14.4. The van der Waals surface area contributed by atoms with Gasteiger partial charge in [0.25, 0.3) is 0 Å². The van der Waals surface area contributed by atoms with Crippen LogP contribution in [0.5, 0.6) is 0 Å². The van der Waals surface area contributed by atoms with E-state index in [0.717, 1.165) is 44.4 Å². The highest BCUT2D eigenvalue weighted by molar-refractivity contribution is 7.89. The highest BCUT2D eigenvalue weighted by Gasteiger charge is 2.44. The van der Waals surface area contributed by atoms with Crippen LogP contribution >= 0.6 is 0 Å². The number of nitriles is 1. The molecule has 0 bridgehead atoms. The lowest BCUT2D eigenvalue weighted by Crippen LogP contribution is -2.44. The van der Waals surface area contributed by atoms with Crippen LogP contribution in [0.3, 0.4) is 0 Å². The van der Waals surface area contributed by atoms with Crippen LogP contribution in [-0.4, -0.2) is 24.8 Å². The molecular weight excluding hydrogens is 308 g/mol. The molecule has 0 radical (unpaired) electrons. The molecule has 5 heteroatoms. The highest BCUT2D eigenvalue weighted by atomic mass is 32.2. The largest absolute Gasteiger partial charge is 0.244 e. The van der Waals surface area contributed by atoms with Crippen molar-refractivity contribution in [3.63, 3.8) is 0 Å². The predicted molar refractivity (Wildman–Crippen MR) is 89.2 cm³/mol. The Morgan fingerprint density at radius 3 is 2.17 bits per heavy atom. The van der Waals surface area contributed by atoms with E-state index in [2.05, 4.69) is 6.92 Å². The van der Waals surface area contributed by atoms with Gasteiger partial charge in [-0.05, 0) is 56.6 Å². The van der Waals surface area contributed by atoms with Gasteiger partial charge in [-0.3, -0.25) is 0 Å². The van der Waals surface area contributed by atoms with Crippen LogP contribution < -0.4 is 0 Å². The van der Waals surface area contributed by atoms with Crippen LogP contribution in [0.25, 0.3) is 0 Å². The van der Waals surface area contributed by atoms with E-state index >= 15 is 0 Å². The fourth-order valence-corrected chi connectivity index (χ4v) is 5.80. The van der Waals surface area contributed by atoms with Gasteiger partial charge < -0.3 is 0 Å². The average Bonchev–Trinajstić information content (AvgIpc) is 3.40. The van der Waals surface area contributed by atoms with Crippen molar-refractivity contribution < 1.29 is 8.42 Å². The van der Waals surface area contributed by atoms with Crippen molar-refractivity contribution in [3.8, 4) is 6.07 Å². The lowest BCUT2D eigenvalue weighted by atomic mass is 9.84. The minimum atomic E-state index is -3.59. The molecule has 0 heterocycles. The zero-order chi connectivity index (χ0) is 16.4. The van der Waals surface area contributed by atoms with Gasteiger partial charge >= 0.3 is 0 Å². The molecule has 0 saturated heterocycles. The van der Waals surface area contributed by atoms with Gasteiger partial charge in [-0.15, -0.1) is 0 Å². The monoisotopic (exact) mass is 332 g/mol. The molecule has 1 aromatic rings. The Morgan fingerprint density at radius 1 is 1.09 bits per heavy atom. The van der Waals surface area contributed by atoms with Gasteiger partial charge in [0.1, 0.15) is 6.07 Å². The van der Waals surface area contributed by atoms with E-state index in [0.29, 0.717) is 0 Å². The first-order valence-corrected chi connectivity index (χ1v) is 10.0. The summed E-state index contributed by atoms with van der Waals surface area (Å²) in [6, 6.07) is 8.84. The smallest absolute Gasteiger partial charge is 0.207 e. The van der Waals surface area contributed by atoms with Gasteiger partial charge in [-0.2, -0.15) is 9.57 Å². The molecule has 2 saturated carbocycles. The summed E-state index contributed by atoms with van der Waals surface area (Å²) in [4.78, 5) is 0.173. The summed E-state index contributed by atoms with van der Waals surface area (Å²) in [6.07, 6.45) is 7.19. The summed E-state index contributed by atoms with van der Waals surface area (Å²) >= 11 is 0. The van der Waals surface area contributed by atoms with Gasteiger partial charge in [-0.25, -0.2) is 8.42 Å². The molecule has 0 atom stereocenters. The van der Waals surface area contributed by atoms with E-state index in [-0.39, 0.29) is 22.5 Å². The normalized spacial score (nSPS) is 25.3. The van der Waals surface area contributed by atoms with E-state index in [1.165, 1.54) is 6.42 Å². The lowest BCUT2D eigenvalue weighted by molar-refractivity contribution is 0.206. The Morgan fingerprint density at radius 2 is 1.65 bits per heavy atom. The van der Waals surface area contributed by atoms with Crippen molar-refractivity contribution in [1.82, 2.24) is 4.31 Å². The van der Waals surface area contributed by atoms with Crippen molar-refractivity contribution in [2.45, 2.75) is 68.8 Å². The Bertz CT molecular complexity index is 696. The summed E-state index contributed by atoms with van der Waals surface area (Å²) in [5.74, 6) is 0.737. The molecule has 0 aromatic heterocycles. The van der Waals surface area contributed by atoms with E-state index in [9.17, 15) is 13.7 Å². The van der Waals surface area contributed by atoms with E-state index in [4.69, 9.17) is 0 Å². The summed E-state index contributed by atoms with van der Waals surface area (Å²) in [7, 11) is -3.59. The molecule has 4 nitrogen and oxygen atoms in total. The first-order valence-electron chi connectivity index (χ1n) is 8.60. The first-order chi connectivity index (χ1) is 11.1. The zero-order valence-electron chi connectivity index (χ0n) is 13.6. The molecule has 23 heavy (non-hydrogen) atoms. The van der Waals surface area contributed by atoms with Crippen LogP contribution in [0.4, 0.5) is 0 Å². The van der Waals surface area contributed by atoms with Crippen molar-refractivity contribution in [3.05, 3.63) is 29.8 Å². The molecular formula is C18H24N2O2S. The third-order valence-electron chi connectivity index (χ3n) is 5.22. The maximum Gasteiger partial charge on any atom is 0.244 e.